The Balaban J connectivity index is 1.74. The summed E-state index contributed by atoms with van der Waals surface area (Å²) in [4.78, 5) is 23.5. The van der Waals surface area contributed by atoms with Crippen LogP contribution in [-0.4, -0.2) is 40.1 Å². The summed E-state index contributed by atoms with van der Waals surface area (Å²) in [6.07, 6.45) is 1.85. The molecule has 3 N–H and O–H groups in total. The van der Waals surface area contributed by atoms with Crippen LogP contribution < -0.4 is 11.1 Å². The first-order chi connectivity index (χ1) is 14.7. The van der Waals surface area contributed by atoms with E-state index in [1.807, 2.05) is 31.2 Å². The number of benzene rings is 1. The van der Waals surface area contributed by atoms with Gasteiger partial charge in [0, 0.05) is 43.0 Å². The maximum atomic E-state index is 11.7. The molecule has 1 amide bonds. The Kier molecular flexibility index (Phi) is 7.42. The molecular formula is C20H26N8O2. The van der Waals surface area contributed by atoms with E-state index in [-0.39, 0.29) is 18.9 Å². The summed E-state index contributed by atoms with van der Waals surface area (Å²) in [5.41, 5.74) is 16.9. The average Bonchev–Trinajstić information content (AvgIpc) is 3.11. The van der Waals surface area contributed by atoms with Crippen LogP contribution >= 0.6 is 0 Å². The molecule has 0 saturated carbocycles. The van der Waals surface area contributed by atoms with Gasteiger partial charge in [-0.3, -0.25) is 4.79 Å². The van der Waals surface area contributed by atoms with Crippen molar-refractivity contribution in [1.82, 2.24) is 19.9 Å². The van der Waals surface area contributed by atoms with Gasteiger partial charge in [0.2, 0.25) is 5.91 Å². The van der Waals surface area contributed by atoms with Crippen molar-refractivity contribution >= 4 is 33.7 Å². The minimum Gasteiger partial charge on any atom is -0.382 e. The highest BCUT2D eigenvalue weighted by Crippen LogP contribution is 2.29. The number of amides is 1. The minimum absolute atomic E-state index is 0.114. The van der Waals surface area contributed by atoms with Crippen LogP contribution in [0.4, 0.5) is 5.82 Å². The molecule has 158 valence electrons. The van der Waals surface area contributed by atoms with Crippen molar-refractivity contribution in [3.63, 3.8) is 0 Å². The van der Waals surface area contributed by atoms with Crippen LogP contribution in [-0.2, 0) is 22.7 Å². The average molecular weight is 410 g/mol. The lowest BCUT2D eigenvalue weighted by Gasteiger charge is -2.11. The van der Waals surface area contributed by atoms with Gasteiger partial charge in [0.25, 0.3) is 0 Å². The van der Waals surface area contributed by atoms with E-state index in [1.165, 1.54) is 0 Å². The number of ether oxygens (including phenoxy) is 1. The monoisotopic (exact) mass is 410 g/mol. The SMILES string of the molecule is CCOCc1nc2c(N)nc3ccccc3c2n1CCCCNC(=O)CCN=[N+]=[N-]. The third-order valence-electron chi connectivity index (χ3n) is 4.76. The van der Waals surface area contributed by atoms with E-state index in [0.29, 0.717) is 31.1 Å². The van der Waals surface area contributed by atoms with Crippen molar-refractivity contribution < 1.29 is 9.53 Å². The summed E-state index contributed by atoms with van der Waals surface area (Å²) in [5, 5.41) is 7.21. The summed E-state index contributed by atoms with van der Waals surface area (Å²) in [5.74, 6) is 1.11. The van der Waals surface area contributed by atoms with E-state index in [4.69, 9.17) is 21.0 Å². The number of anilines is 1. The van der Waals surface area contributed by atoms with Gasteiger partial charge in [-0.05, 0) is 31.4 Å². The maximum Gasteiger partial charge on any atom is 0.220 e. The molecule has 10 heteroatoms. The van der Waals surface area contributed by atoms with Crippen LogP contribution in [0.2, 0.25) is 0 Å². The van der Waals surface area contributed by atoms with Gasteiger partial charge in [-0.1, -0.05) is 23.3 Å². The molecule has 2 heterocycles. The predicted octanol–water partition coefficient (Wildman–Crippen LogP) is 3.30. The first kappa shape index (κ1) is 21.4. The lowest BCUT2D eigenvalue weighted by Crippen LogP contribution is -2.25. The topological polar surface area (TPSA) is 144 Å². The highest BCUT2D eigenvalue weighted by molar-refractivity contribution is 6.06. The van der Waals surface area contributed by atoms with Crippen molar-refractivity contribution in [2.24, 2.45) is 5.11 Å². The largest absolute Gasteiger partial charge is 0.382 e. The number of unbranched alkanes of at least 4 members (excludes halogenated alkanes) is 1. The number of fused-ring (bicyclic) bond motifs is 3. The number of aryl methyl sites for hydroxylation is 1. The number of nitrogens with two attached hydrogens (primary N) is 1. The van der Waals surface area contributed by atoms with Crippen LogP contribution in [0, 0.1) is 0 Å². The zero-order valence-electron chi connectivity index (χ0n) is 17.0. The zero-order chi connectivity index (χ0) is 21.3. The van der Waals surface area contributed by atoms with E-state index in [1.54, 1.807) is 0 Å². The number of rotatable bonds is 11. The fraction of sp³-hybridized carbons (Fsp3) is 0.450. The van der Waals surface area contributed by atoms with Gasteiger partial charge in [-0.15, -0.1) is 0 Å². The molecule has 1 aromatic carbocycles. The molecule has 0 fully saturated rings. The molecule has 0 unspecified atom stereocenters. The van der Waals surface area contributed by atoms with E-state index >= 15 is 0 Å². The van der Waals surface area contributed by atoms with Crippen molar-refractivity contribution in [2.45, 2.75) is 39.3 Å². The predicted molar refractivity (Wildman–Crippen MR) is 116 cm³/mol. The number of carbonyl (C=O) groups is 1. The van der Waals surface area contributed by atoms with Crippen LogP contribution in [0.3, 0.4) is 0 Å². The van der Waals surface area contributed by atoms with Gasteiger partial charge in [0.05, 0.1) is 11.0 Å². The normalized spacial score (nSPS) is 11.0. The Labute approximate surface area is 174 Å². The first-order valence-corrected chi connectivity index (χ1v) is 10.0. The number of hydrogen-bond acceptors (Lipinski definition) is 6. The highest BCUT2D eigenvalue weighted by Gasteiger charge is 2.17. The number of azide groups is 1. The molecule has 0 saturated heterocycles. The van der Waals surface area contributed by atoms with Gasteiger partial charge >= 0.3 is 0 Å². The van der Waals surface area contributed by atoms with Gasteiger partial charge in [0.1, 0.15) is 17.9 Å². The molecule has 3 rings (SSSR count). The second-order valence-electron chi connectivity index (χ2n) is 6.79. The van der Waals surface area contributed by atoms with Crippen molar-refractivity contribution in [3.8, 4) is 0 Å². The fourth-order valence-corrected chi connectivity index (χ4v) is 3.36. The second-order valence-corrected chi connectivity index (χ2v) is 6.79. The van der Waals surface area contributed by atoms with Crippen molar-refractivity contribution in [3.05, 3.63) is 40.5 Å². The zero-order valence-corrected chi connectivity index (χ0v) is 17.0. The quantitative estimate of drug-likeness (QED) is 0.216. The van der Waals surface area contributed by atoms with E-state index < -0.39 is 0 Å². The summed E-state index contributed by atoms with van der Waals surface area (Å²) in [7, 11) is 0. The number of pyridine rings is 1. The third-order valence-corrected chi connectivity index (χ3v) is 4.76. The van der Waals surface area contributed by atoms with Gasteiger partial charge in [0.15, 0.2) is 5.82 Å². The van der Waals surface area contributed by atoms with Gasteiger partial charge < -0.3 is 20.4 Å². The fourth-order valence-electron chi connectivity index (χ4n) is 3.36. The van der Waals surface area contributed by atoms with E-state index in [0.717, 1.165) is 41.6 Å². The number of nitrogens with zero attached hydrogens (tertiary/aromatic N) is 6. The Hall–Kier alpha value is -3.36. The molecular weight excluding hydrogens is 384 g/mol. The number of hydrogen-bond donors (Lipinski definition) is 2. The molecule has 2 aromatic heterocycles. The van der Waals surface area contributed by atoms with Gasteiger partial charge in [-0.25, -0.2) is 9.97 Å². The smallest absolute Gasteiger partial charge is 0.220 e. The number of nitrogen functional groups attached to an aromatic ring is 1. The van der Waals surface area contributed by atoms with Crippen LogP contribution in [0.5, 0.6) is 0 Å². The molecule has 30 heavy (non-hydrogen) atoms. The third kappa shape index (κ3) is 4.97. The number of nitrogens with one attached hydrogen (secondary N) is 1. The number of carbonyl (C=O) groups excluding carboxylic acids is 1. The summed E-state index contributed by atoms with van der Waals surface area (Å²) in [6, 6.07) is 7.88. The Morgan fingerprint density at radius 2 is 2.17 bits per heavy atom. The lowest BCUT2D eigenvalue weighted by molar-refractivity contribution is -0.120. The number of imidazole rings is 1. The van der Waals surface area contributed by atoms with Crippen molar-refractivity contribution in [2.75, 3.05) is 25.4 Å². The second kappa shape index (κ2) is 10.4. The van der Waals surface area contributed by atoms with Gasteiger partial charge in [-0.2, -0.15) is 0 Å². The molecule has 10 nitrogen and oxygen atoms in total. The summed E-state index contributed by atoms with van der Waals surface area (Å²) in [6.45, 7) is 4.40. The van der Waals surface area contributed by atoms with Crippen LogP contribution in [0.25, 0.3) is 32.4 Å². The summed E-state index contributed by atoms with van der Waals surface area (Å²) < 4.78 is 7.76. The standard InChI is InChI=1S/C20H26N8O2/c1-2-30-13-16-26-18-19(14-7-3-4-8-15(14)25-20(18)21)28(16)12-6-5-10-23-17(29)9-11-24-27-22/h3-4,7-8H,2,5-6,9-13H2,1H3,(H2,21,25)(H,23,29). The minimum atomic E-state index is -0.114. The first-order valence-electron chi connectivity index (χ1n) is 10.0. The maximum absolute atomic E-state index is 11.7. The molecule has 0 aliphatic heterocycles. The Morgan fingerprint density at radius 1 is 1.33 bits per heavy atom. The van der Waals surface area contributed by atoms with E-state index in [2.05, 4.69) is 24.9 Å². The van der Waals surface area contributed by atoms with Crippen LogP contribution in [0.15, 0.2) is 29.4 Å². The molecule has 0 bridgehead atoms. The Bertz CT molecular complexity index is 1070. The molecule has 0 aliphatic carbocycles. The number of aromatic nitrogens is 3. The molecule has 0 radical (unpaired) electrons. The molecule has 0 spiro atoms. The van der Waals surface area contributed by atoms with Crippen molar-refractivity contribution in [1.29, 1.82) is 0 Å². The Morgan fingerprint density at radius 3 is 2.97 bits per heavy atom. The highest BCUT2D eigenvalue weighted by atomic mass is 16.5. The molecule has 0 atom stereocenters. The summed E-state index contributed by atoms with van der Waals surface area (Å²) >= 11 is 0. The molecule has 0 aliphatic rings. The van der Waals surface area contributed by atoms with E-state index in [9.17, 15) is 4.79 Å². The number of para-hydroxylation sites is 1. The van der Waals surface area contributed by atoms with Crippen LogP contribution in [0.1, 0.15) is 32.0 Å². The lowest BCUT2D eigenvalue weighted by atomic mass is 10.2. The molecule has 3 aromatic rings.